The van der Waals surface area contributed by atoms with E-state index in [1.807, 2.05) is 6.07 Å². The van der Waals surface area contributed by atoms with E-state index in [0.29, 0.717) is 17.5 Å². The lowest BCUT2D eigenvalue weighted by Crippen LogP contribution is -2.01. The average molecular weight is 677 g/mol. The monoisotopic (exact) mass is 676 g/mol. The summed E-state index contributed by atoms with van der Waals surface area (Å²) in [4.78, 5) is 15.4. The molecule has 0 radical (unpaired) electrons. The minimum Gasteiger partial charge on any atom is -0.309 e. The van der Waals surface area contributed by atoms with Crippen LogP contribution in [0.25, 0.3) is 94.7 Å². The summed E-state index contributed by atoms with van der Waals surface area (Å²) in [5.41, 5.74) is 10.7. The van der Waals surface area contributed by atoms with Gasteiger partial charge < -0.3 is 4.57 Å². The van der Waals surface area contributed by atoms with Crippen LogP contribution in [0, 0.1) is 0 Å². The molecule has 0 bridgehead atoms. The van der Waals surface area contributed by atoms with Gasteiger partial charge in [0, 0.05) is 33.2 Å². The molecule has 0 aliphatic carbocycles. The molecule has 0 fully saturated rings. The molecule has 0 N–H and O–H groups in total. The summed E-state index contributed by atoms with van der Waals surface area (Å²) in [5, 5.41) is 4.91. The van der Waals surface area contributed by atoms with Crippen LogP contribution in [-0.4, -0.2) is 19.5 Å². The molecule has 0 atom stereocenters. The first kappa shape index (κ1) is 30.6. The summed E-state index contributed by atoms with van der Waals surface area (Å²) in [5.74, 6) is 1.88. The minimum absolute atomic E-state index is 0.622. The highest BCUT2D eigenvalue weighted by atomic mass is 15.0. The third-order valence-electron chi connectivity index (χ3n) is 10.0. The summed E-state index contributed by atoms with van der Waals surface area (Å²) < 4.78 is 2.33. The maximum absolute atomic E-state index is 5.14. The molecule has 0 saturated heterocycles. The zero-order valence-corrected chi connectivity index (χ0v) is 28.8. The molecule has 0 aliphatic heterocycles. The first-order chi connectivity index (χ1) is 26.2. The van der Waals surface area contributed by atoms with Crippen LogP contribution in [0.2, 0.25) is 0 Å². The Kier molecular flexibility index (Phi) is 7.43. The van der Waals surface area contributed by atoms with Crippen molar-refractivity contribution in [1.82, 2.24) is 19.5 Å². The fourth-order valence-corrected chi connectivity index (χ4v) is 7.40. The molecular weight excluding hydrogens is 645 g/mol. The molecular formula is C49H32N4. The molecule has 248 valence electrons. The average Bonchev–Trinajstić information content (AvgIpc) is 3.58. The predicted molar refractivity (Wildman–Crippen MR) is 219 cm³/mol. The normalized spacial score (nSPS) is 11.4. The number of para-hydroxylation sites is 2. The number of nitrogens with zero attached hydrogens (tertiary/aromatic N) is 4. The molecule has 8 aromatic carbocycles. The van der Waals surface area contributed by atoms with Gasteiger partial charge in [0.2, 0.25) is 0 Å². The van der Waals surface area contributed by atoms with Crippen molar-refractivity contribution in [2.75, 3.05) is 0 Å². The molecule has 53 heavy (non-hydrogen) atoms. The van der Waals surface area contributed by atoms with E-state index in [1.54, 1.807) is 0 Å². The standard InChI is InChI=1S/C49H32N4/c1-2-12-33(13-3-1)38-16-10-17-40(31-38)48-50-47(36-27-24-35(25-28-36)39-29-26-34-14-4-5-15-37(34)30-39)51-49(52-48)41-18-11-19-42(32-41)53-45-22-8-6-20-43(45)44-21-7-9-23-46(44)53/h1-32H. The van der Waals surface area contributed by atoms with Gasteiger partial charge in [-0.15, -0.1) is 0 Å². The Balaban J connectivity index is 1.11. The van der Waals surface area contributed by atoms with E-state index < -0.39 is 0 Å². The highest BCUT2D eigenvalue weighted by Crippen LogP contribution is 2.34. The largest absolute Gasteiger partial charge is 0.309 e. The van der Waals surface area contributed by atoms with E-state index in [2.05, 4.69) is 193 Å². The third-order valence-corrected chi connectivity index (χ3v) is 10.0. The van der Waals surface area contributed by atoms with Crippen LogP contribution in [0.3, 0.4) is 0 Å². The van der Waals surface area contributed by atoms with Gasteiger partial charge in [0.15, 0.2) is 17.5 Å². The van der Waals surface area contributed by atoms with E-state index in [9.17, 15) is 0 Å². The summed E-state index contributed by atoms with van der Waals surface area (Å²) in [7, 11) is 0. The molecule has 2 aromatic heterocycles. The molecule has 2 heterocycles. The lowest BCUT2D eigenvalue weighted by Gasteiger charge is -2.12. The fraction of sp³-hybridized carbons (Fsp3) is 0. The van der Waals surface area contributed by atoms with E-state index in [1.165, 1.54) is 27.1 Å². The van der Waals surface area contributed by atoms with E-state index in [0.717, 1.165) is 50.1 Å². The molecule has 0 unspecified atom stereocenters. The maximum atomic E-state index is 5.14. The zero-order chi connectivity index (χ0) is 35.1. The maximum Gasteiger partial charge on any atom is 0.164 e. The second-order valence-corrected chi connectivity index (χ2v) is 13.3. The first-order valence-electron chi connectivity index (χ1n) is 17.9. The SMILES string of the molecule is c1ccc(-c2cccc(-c3nc(-c4ccc(-c5ccc6ccccc6c5)cc4)nc(-c4cccc(-n5c6ccccc6c6ccccc65)c4)n3)c2)cc1. The Morgan fingerprint density at radius 3 is 1.47 bits per heavy atom. The first-order valence-corrected chi connectivity index (χ1v) is 17.9. The van der Waals surface area contributed by atoms with Crippen molar-refractivity contribution in [3.63, 3.8) is 0 Å². The summed E-state index contributed by atoms with van der Waals surface area (Å²) in [6.07, 6.45) is 0. The van der Waals surface area contributed by atoms with Crippen molar-refractivity contribution < 1.29 is 0 Å². The molecule has 0 amide bonds. The second-order valence-electron chi connectivity index (χ2n) is 13.3. The molecule has 10 rings (SSSR count). The number of fused-ring (bicyclic) bond motifs is 4. The molecule has 0 saturated carbocycles. The van der Waals surface area contributed by atoms with Gasteiger partial charge in [-0.25, -0.2) is 15.0 Å². The van der Waals surface area contributed by atoms with Crippen molar-refractivity contribution >= 4 is 32.6 Å². The van der Waals surface area contributed by atoms with E-state index in [-0.39, 0.29) is 0 Å². The molecule has 0 spiro atoms. The van der Waals surface area contributed by atoms with Gasteiger partial charge in [-0.1, -0.05) is 158 Å². The van der Waals surface area contributed by atoms with E-state index >= 15 is 0 Å². The lowest BCUT2D eigenvalue weighted by molar-refractivity contribution is 1.07. The van der Waals surface area contributed by atoms with Crippen LogP contribution in [0.15, 0.2) is 194 Å². The van der Waals surface area contributed by atoms with Crippen LogP contribution in [0.5, 0.6) is 0 Å². The van der Waals surface area contributed by atoms with Crippen LogP contribution >= 0.6 is 0 Å². The van der Waals surface area contributed by atoms with E-state index in [4.69, 9.17) is 15.0 Å². The predicted octanol–water partition coefficient (Wildman–Crippen LogP) is 12.5. The molecule has 0 aliphatic rings. The van der Waals surface area contributed by atoms with Gasteiger partial charge in [-0.2, -0.15) is 0 Å². The minimum atomic E-state index is 0.622. The zero-order valence-electron chi connectivity index (χ0n) is 28.8. The molecule has 10 aromatic rings. The number of benzene rings is 8. The van der Waals surface area contributed by atoms with Crippen molar-refractivity contribution in [1.29, 1.82) is 0 Å². The van der Waals surface area contributed by atoms with Crippen LogP contribution in [0.4, 0.5) is 0 Å². The van der Waals surface area contributed by atoms with Gasteiger partial charge in [0.1, 0.15) is 0 Å². The quantitative estimate of drug-likeness (QED) is 0.176. The van der Waals surface area contributed by atoms with Crippen molar-refractivity contribution in [2.45, 2.75) is 0 Å². The second kappa shape index (κ2) is 12.9. The third kappa shape index (κ3) is 5.63. The molecule has 4 heteroatoms. The Hall–Kier alpha value is -7.17. The number of hydrogen-bond donors (Lipinski definition) is 0. The van der Waals surface area contributed by atoms with Gasteiger partial charge >= 0.3 is 0 Å². The highest BCUT2D eigenvalue weighted by molar-refractivity contribution is 6.09. The summed E-state index contributed by atoms with van der Waals surface area (Å²) in [6, 6.07) is 68.1. The number of hydrogen-bond acceptors (Lipinski definition) is 3. The van der Waals surface area contributed by atoms with Crippen LogP contribution < -0.4 is 0 Å². The summed E-state index contributed by atoms with van der Waals surface area (Å²) in [6.45, 7) is 0. The number of rotatable bonds is 6. The smallest absolute Gasteiger partial charge is 0.164 e. The van der Waals surface area contributed by atoms with Gasteiger partial charge in [0.25, 0.3) is 0 Å². The Morgan fingerprint density at radius 2 is 0.755 bits per heavy atom. The lowest BCUT2D eigenvalue weighted by atomic mass is 10.00. The van der Waals surface area contributed by atoms with Crippen LogP contribution in [-0.2, 0) is 0 Å². The van der Waals surface area contributed by atoms with Gasteiger partial charge in [-0.3, -0.25) is 0 Å². The number of aromatic nitrogens is 4. The van der Waals surface area contributed by atoms with Gasteiger partial charge in [-0.05, 0) is 69.4 Å². The highest BCUT2D eigenvalue weighted by Gasteiger charge is 2.16. The van der Waals surface area contributed by atoms with Crippen LogP contribution in [0.1, 0.15) is 0 Å². The Bertz CT molecular complexity index is 2890. The summed E-state index contributed by atoms with van der Waals surface area (Å²) >= 11 is 0. The van der Waals surface area contributed by atoms with Crippen molar-refractivity contribution in [3.05, 3.63) is 194 Å². The Labute approximate surface area is 307 Å². The van der Waals surface area contributed by atoms with Gasteiger partial charge in [0.05, 0.1) is 11.0 Å². The topological polar surface area (TPSA) is 43.6 Å². The fourth-order valence-electron chi connectivity index (χ4n) is 7.40. The Morgan fingerprint density at radius 1 is 0.283 bits per heavy atom. The van der Waals surface area contributed by atoms with Crippen molar-refractivity contribution in [3.8, 4) is 62.1 Å². The molecule has 4 nitrogen and oxygen atoms in total. The van der Waals surface area contributed by atoms with Crippen molar-refractivity contribution in [2.24, 2.45) is 0 Å².